The molecule has 21 heavy (non-hydrogen) atoms. The lowest BCUT2D eigenvalue weighted by Crippen LogP contribution is -2.39. The second-order valence-corrected chi connectivity index (χ2v) is 6.51. The Morgan fingerprint density at radius 3 is 3.19 bits per heavy atom. The van der Waals surface area contributed by atoms with E-state index in [0.717, 1.165) is 24.4 Å². The summed E-state index contributed by atoms with van der Waals surface area (Å²) in [6.07, 6.45) is 3.29. The quantitative estimate of drug-likeness (QED) is 0.871. The van der Waals surface area contributed by atoms with Crippen LogP contribution < -0.4 is 0 Å². The molecule has 1 aliphatic heterocycles. The molecule has 112 valence electrons. The second kappa shape index (κ2) is 6.39. The fourth-order valence-electron chi connectivity index (χ4n) is 2.64. The molecule has 0 saturated carbocycles. The van der Waals surface area contributed by atoms with E-state index in [1.165, 1.54) is 6.42 Å². The van der Waals surface area contributed by atoms with E-state index in [1.54, 1.807) is 11.3 Å². The van der Waals surface area contributed by atoms with E-state index in [4.69, 9.17) is 4.42 Å². The first kappa shape index (κ1) is 14.3. The van der Waals surface area contributed by atoms with Crippen molar-refractivity contribution in [2.24, 2.45) is 5.92 Å². The molecule has 0 spiro atoms. The van der Waals surface area contributed by atoms with E-state index in [-0.39, 0.29) is 5.91 Å². The van der Waals surface area contributed by atoms with Crippen LogP contribution in [0.25, 0.3) is 10.8 Å². The summed E-state index contributed by atoms with van der Waals surface area (Å²) in [5.41, 5.74) is 0. The Bertz CT molecular complexity index is 594. The predicted molar refractivity (Wildman–Crippen MR) is 80.9 cm³/mol. The molecule has 1 aliphatic rings. The lowest BCUT2D eigenvalue weighted by atomic mass is 10.00. The molecule has 1 fully saturated rings. The molecule has 0 aliphatic carbocycles. The molecule has 3 heterocycles. The average molecular weight is 305 g/mol. The summed E-state index contributed by atoms with van der Waals surface area (Å²) >= 11 is 1.57. The van der Waals surface area contributed by atoms with Crippen molar-refractivity contribution in [3.8, 4) is 10.8 Å². The van der Waals surface area contributed by atoms with Crippen LogP contribution >= 0.6 is 11.3 Å². The van der Waals surface area contributed by atoms with Gasteiger partial charge in [-0.25, -0.2) is 0 Å². The van der Waals surface area contributed by atoms with Crippen LogP contribution in [0.5, 0.6) is 0 Å². The lowest BCUT2D eigenvalue weighted by molar-refractivity contribution is -0.132. The van der Waals surface area contributed by atoms with Crippen LogP contribution in [0.15, 0.2) is 21.9 Å². The highest BCUT2D eigenvalue weighted by Crippen LogP contribution is 2.23. The van der Waals surface area contributed by atoms with Gasteiger partial charge >= 0.3 is 0 Å². The molecule has 0 radical (unpaired) electrons. The number of piperidine rings is 1. The maximum Gasteiger partial charge on any atom is 0.257 e. The zero-order valence-electron chi connectivity index (χ0n) is 12.1. The van der Waals surface area contributed by atoms with Crippen LogP contribution in [-0.2, 0) is 11.2 Å². The van der Waals surface area contributed by atoms with Gasteiger partial charge in [0.05, 0.1) is 4.88 Å². The summed E-state index contributed by atoms with van der Waals surface area (Å²) in [4.78, 5) is 15.1. The summed E-state index contributed by atoms with van der Waals surface area (Å²) < 4.78 is 5.60. The number of carbonyl (C=O) groups is 1. The summed E-state index contributed by atoms with van der Waals surface area (Å²) in [5.74, 6) is 1.88. The number of carbonyl (C=O) groups excluding carboxylic acids is 1. The van der Waals surface area contributed by atoms with E-state index >= 15 is 0 Å². The highest BCUT2D eigenvalue weighted by molar-refractivity contribution is 7.13. The first-order valence-corrected chi connectivity index (χ1v) is 8.24. The smallest absolute Gasteiger partial charge is 0.257 e. The molecule has 5 nitrogen and oxygen atoms in total. The van der Waals surface area contributed by atoms with Gasteiger partial charge in [-0.2, -0.15) is 0 Å². The topological polar surface area (TPSA) is 59.2 Å². The monoisotopic (exact) mass is 305 g/mol. The molecule has 1 atom stereocenters. The third kappa shape index (κ3) is 3.50. The normalized spacial score (nSPS) is 18.9. The van der Waals surface area contributed by atoms with Crippen LogP contribution in [0, 0.1) is 5.92 Å². The molecule has 2 aromatic heterocycles. The van der Waals surface area contributed by atoms with Crippen LogP contribution in [-0.4, -0.2) is 34.1 Å². The van der Waals surface area contributed by atoms with Gasteiger partial charge < -0.3 is 9.32 Å². The average Bonchev–Trinajstić information content (AvgIpc) is 3.15. The Kier molecular flexibility index (Phi) is 4.34. The van der Waals surface area contributed by atoms with Crippen molar-refractivity contribution in [3.63, 3.8) is 0 Å². The van der Waals surface area contributed by atoms with Crippen molar-refractivity contribution >= 4 is 17.2 Å². The van der Waals surface area contributed by atoms with E-state index in [2.05, 4.69) is 17.1 Å². The minimum atomic E-state index is 0.192. The van der Waals surface area contributed by atoms with Crippen LogP contribution in [0.2, 0.25) is 0 Å². The molecular formula is C15H19N3O2S. The molecule has 0 aromatic carbocycles. The summed E-state index contributed by atoms with van der Waals surface area (Å²) in [5, 5.41) is 10.0. The second-order valence-electron chi connectivity index (χ2n) is 5.57. The van der Waals surface area contributed by atoms with Gasteiger partial charge in [0.15, 0.2) is 0 Å². The SMILES string of the molecule is CC1CCCN(C(=O)CCc2nnc(-c3cccs3)o2)C1. The zero-order valence-corrected chi connectivity index (χ0v) is 12.9. The molecule has 1 saturated heterocycles. The van der Waals surface area contributed by atoms with Gasteiger partial charge in [0.1, 0.15) is 0 Å². The zero-order chi connectivity index (χ0) is 14.7. The Hall–Kier alpha value is -1.69. The van der Waals surface area contributed by atoms with E-state index in [0.29, 0.717) is 30.5 Å². The van der Waals surface area contributed by atoms with Crippen molar-refractivity contribution in [1.82, 2.24) is 15.1 Å². The van der Waals surface area contributed by atoms with Crippen molar-refractivity contribution in [2.45, 2.75) is 32.6 Å². The number of aromatic nitrogens is 2. The summed E-state index contributed by atoms with van der Waals surface area (Å²) in [6.45, 7) is 3.96. The number of nitrogens with zero attached hydrogens (tertiary/aromatic N) is 3. The van der Waals surface area contributed by atoms with Crippen LogP contribution in [0.3, 0.4) is 0 Å². The first-order valence-electron chi connectivity index (χ1n) is 7.36. The Balaban J connectivity index is 1.54. The van der Waals surface area contributed by atoms with Crippen molar-refractivity contribution in [2.75, 3.05) is 13.1 Å². The number of thiophene rings is 1. The highest BCUT2D eigenvalue weighted by atomic mass is 32.1. The predicted octanol–water partition coefficient (Wildman–Crippen LogP) is 2.99. The van der Waals surface area contributed by atoms with Gasteiger partial charge in [0.2, 0.25) is 11.8 Å². The van der Waals surface area contributed by atoms with E-state index in [1.807, 2.05) is 22.4 Å². The lowest BCUT2D eigenvalue weighted by Gasteiger charge is -2.30. The van der Waals surface area contributed by atoms with Crippen molar-refractivity contribution in [1.29, 1.82) is 0 Å². The van der Waals surface area contributed by atoms with Crippen molar-refractivity contribution in [3.05, 3.63) is 23.4 Å². The molecule has 3 rings (SSSR count). The fourth-order valence-corrected chi connectivity index (χ4v) is 3.29. The number of aryl methyl sites for hydroxylation is 1. The largest absolute Gasteiger partial charge is 0.420 e. The number of amides is 1. The third-order valence-corrected chi connectivity index (χ3v) is 4.62. The number of rotatable bonds is 4. The van der Waals surface area contributed by atoms with Crippen LogP contribution in [0.4, 0.5) is 0 Å². The molecule has 1 unspecified atom stereocenters. The summed E-state index contributed by atoms with van der Waals surface area (Å²) in [6, 6.07) is 3.90. The molecule has 1 amide bonds. The molecular weight excluding hydrogens is 286 g/mol. The highest BCUT2D eigenvalue weighted by Gasteiger charge is 2.21. The number of hydrogen-bond acceptors (Lipinski definition) is 5. The van der Waals surface area contributed by atoms with E-state index in [9.17, 15) is 4.79 Å². The Morgan fingerprint density at radius 2 is 2.43 bits per heavy atom. The van der Waals surface area contributed by atoms with Gasteiger partial charge in [-0.3, -0.25) is 4.79 Å². The summed E-state index contributed by atoms with van der Waals surface area (Å²) in [7, 11) is 0. The van der Waals surface area contributed by atoms with E-state index < -0.39 is 0 Å². The van der Waals surface area contributed by atoms with Gasteiger partial charge in [0, 0.05) is 25.9 Å². The van der Waals surface area contributed by atoms with Gasteiger partial charge in [-0.1, -0.05) is 13.0 Å². The van der Waals surface area contributed by atoms with Gasteiger partial charge in [-0.05, 0) is 30.2 Å². The molecule has 0 bridgehead atoms. The molecule has 2 aromatic rings. The van der Waals surface area contributed by atoms with Crippen molar-refractivity contribution < 1.29 is 9.21 Å². The first-order chi connectivity index (χ1) is 10.2. The fraction of sp³-hybridized carbons (Fsp3) is 0.533. The van der Waals surface area contributed by atoms with Gasteiger partial charge in [0.25, 0.3) is 5.89 Å². The Labute approximate surface area is 128 Å². The minimum Gasteiger partial charge on any atom is -0.420 e. The maximum absolute atomic E-state index is 12.2. The Morgan fingerprint density at radius 1 is 1.52 bits per heavy atom. The molecule has 6 heteroatoms. The van der Waals surface area contributed by atoms with Gasteiger partial charge in [-0.15, -0.1) is 21.5 Å². The number of likely N-dealkylation sites (tertiary alicyclic amines) is 1. The third-order valence-electron chi connectivity index (χ3n) is 3.76. The maximum atomic E-state index is 12.2. The minimum absolute atomic E-state index is 0.192. The standard InChI is InChI=1S/C15H19N3O2S/c1-11-4-2-8-18(10-11)14(19)7-6-13-16-17-15(20-13)12-5-3-9-21-12/h3,5,9,11H,2,4,6-8,10H2,1H3. The molecule has 0 N–H and O–H groups in total. The van der Waals surface area contributed by atoms with Crippen LogP contribution in [0.1, 0.15) is 32.1 Å². The number of hydrogen-bond donors (Lipinski definition) is 0.